The Kier molecular flexibility index (Phi) is 7.98. The third kappa shape index (κ3) is 4.96. The van der Waals surface area contributed by atoms with E-state index in [2.05, 4.69) is 0 Å². The number of halogens is 8. The van der Waals surface area contributed by atoms with E-state index in [9.17, 15) is 44.3 Å². The number of ketones is 1. The van der Waals surface area contributed by atoms with Crippen LogP contribution in [0.2, 0.25) is 0 Å². The number of rotatable bonds is 5. The zero-order valence-corrected chi connectivity index (χ0v) is 25.2. The first-order valence-corrected chi connectivity index (χ1v) is 16.0. The topological polar surface area (TPSA) is 71.5 Å². The van der Waals surface area contributed by atoms with Crippen LogP contribution in [-0.2, 0) is 36.3 Å². The first kappa shape index (κ1) is 33.3. The number of sulfone groups is 1. The first-order chi connectivity index (χ1) is 20.7. The summed E-state index contributed by atoms with van der Waals surface area (Å²) in [5, 5.41) is 0. The second kappa shape index (κ2) is 10.8. The maximum atomic E-state index is 16.2. The number of Topliss-reactive ketones (excluding diaryl/α,β-unsaturated/α-hetero) is 1. The molecule has 1 saturated heterocycles. The fourth-order valence-electron chi connectivity index (χ4n) is 7.42. The summed E-state index contributed by atoms with van der Waals surface area (Å²) >= 11 is 0. The van der Waals surface area contributed by atoms with Gasteiger partial charge >= 0.3 is 18.0 Å². The molecule has 246 valence electrons. The molecule has 1 heterocycles. The summed E-state index contributed by atoms with van der Waals surface area (Å²) in [6.07, 6.45) is -13.9. The summed E-state index contributed by atoms with van der Waals surface area (Å²) in [7, 11) is -4.54. The highest BCUT2D eigenvalue weighted by atomic mass is 32.2. The Morgan fingerprint density at radius 2 is 1.51 bits per heavy atom. The van der Waals surface area contributed by atoms with Crippen molar-refractivity contribution in [1.82, 2.24) is 4.90 Å². The van der Waals surface area contributed by atoms with Crippen molar-refractivity contribution in [2.24, 2.45) is 5.92 Å². The molecule has 1 amide bonds. The SMILES string of the molecule is Cc1cccc(S(=O)(=O)C23CCN(C(=O)[C@]4(F)CC[C@@H](C(C)=O)CC4)C2CCc2cc(C(F)(C(F)(F)F)C(F)(F)F)ccc23)c1. The number of amides is 1. The lowest BCUT2D eigenvalue weighted by Crippen LogP contribution is -2.56. The van der Waals surface area contributed by atoms with Gasteiger partial charge in [0.25, 0.3) is 5.91 Å². The number of likely N-dealkylation sites (tertiary alicyclic amines) is 1. The molecule has 1 aliphatic heterocycles. The van der Waals surface area contributed by atoms with E-state index in [4.69, 9.17) is 0 Å². The van der Waals surface area contributed by atoms with Crippen molar-refractivity contribution in [2.75, 3.05) is 6.54 Å². The maximum Gasteiger partial charge on any atom is 0.435 e. The van der Waals surface area contributed by atoms with E-state index in [0.717, 1.165) is 11.0 Å². The van der Waals surface area contributed by atoms with Crippen molar-refractivity contribution in [2.45, 2.75) is 98.2 Å². The van der Waals surface area contributed by atoms with E-state index in [0.29, 0.717) is 17.7 Å². The van der Waals surface area contributed by atoms with E-state index in [-0.39, 0.29) is 73.3 Å². The molecule has 0 N–H and O–H groups in total. The number of hydrogen-bond donors (Lipinski definition) is 0. The Bertz CT molecular complexity index is 1610. The Labute approximate surface area is 254 Å². The molecule has 3 aliphatic rings. The van der Waals surface area contributed by atoms with Crippen molar-refractivity contribution in [1.29, 1.82) is 0 Å². The summed E-state index contributed by atoms with van der Waals surface area (Å²) in [5.74, 6) is -1.51. The Balaban J connectivity index is 1.65. The van der Waals surface area contributed by atoms with Crippen molar-refractivity contribution >= 4 is 21.5 Å². The normalized spacial score (nSPS) is 27.6. The molecule has 2 aromatic carbocycles. The second-order valence-corrected chi connectivity index (χ2v) is 14.6. The van der Waals surface area contributed by atoms with Crippen LogP contribution in [0.15, 0.2) is 47.4 Å². The molecule has 45 heavy (non-hydrogen) atoms. The number of hydrogen-bond acceptors (Lipinski definition) is 4. The number of fused-ring (bicyclic) bond motifs is 3. The summed E-state index contributed by atoms with van der Waals surface area (Å²) in [6.45, 7) is 2.75. The molecule has 0 bridgehead atoms. The smallest absolute Gasteiger partial charge is 0.335 e. The maximum absolute atomic E-state index is 16.2. The van der Waals surface area contributed by atoms with Crippen LogP contribution in [0.4, 0.5) is 35.1 Å². The first-order valence-electron chi connectivity index (χ1n) is 14.5. The largest absolute Gasteiger partial charge is 0.435 e. The van der Waals surface area contributed by atoms with Gasteiger partial charge in [-0.1, -0.05) is 30.3 Å². The minimum atomic E-state index is -6.37. The fraction of sp³-hybridized carbons (Fsp3) is 0.548. The second-order valence-electron chi connectivity index (χ2n) is 12.4. The lowest BCUT2D eigenvalue weighted by molar-refractivity contribution is -0.348. The van der Waals surface area contributed by atoms with Crippen molar-refractivity contribution in [3.63, 3.8) is 0 Å². The van der Waals surface area contributed by atoms with Crippen molar-refractivity contribution < 1.29 is 53.1 Å². The van der Waals surface area contributed by atoms with Gasteiger partial charge in [-0.15, -0.1) is 0 Å². The Morgan fingerprint density at radius 1 is 0.889 bits per heavy atom. The highest BCUT2D eigenvalue weighted by Crippen LogP contribution is 2.57. The fourth-order valence-corrected chi connectivity index (χ4v) is 9.89. The summed E-state index contributed by atoms with van der Waals surface area (Å²) in [4.78, 5) is 26.6. The third-order valence-electron chi connectivity index (χ3n) is 9.84. The van der Waals surface area contributed by atoms with E-state index < -0.39 is 61.7 Å². The van der Waals surface area contributed by atoms with Crippen LogP contribution in [0, 0.1) is 12.8 Å². The van der Waals surface area contributed by atoms with Crippen LogP contribution in [-0.4, -0.2) is 55.6 Å². The number of nitrogens with zero attached hydrogens (tertiary/aromatic N) is 1. The molecule has 5 nitrogen and oxygen atoms in total. The molecule has 14 heteroatoms. The highest BCUT2D eigenvalue weighted by molar-refractivity contribution is 7.92. The molecular formula is C31H31F8NO4S. The van der Waals surface area contributed by atoms with Crippen LogP contribution in [0.1, 0.15) is 67.7 Å². The third-order valence-corrected chi connectivity index (χ3v) is 12.4. The van der Waals surface area contributed by atoms with E-state index >= 15 is 8.78 Å². The molecule has 1 saturated carbocycles. The van der Waals surface area contributed by atoms with Crippen LogP contribution < -0.4 is 0 Å². The van der Waals surface area contributed by atoms with Gasteiger partial charge in [-0.2, -0.15) is 26.3 Å². The molecule has 0 spiro atoms. The number of alkyl halides is 8. The molecular weight excluding hydrogens is 634 g/mol. The molecule has 2 aromatic rings. The lowest BCUT2D eigenvalue weighted by Gasteiger charge is -2.44. The van der Waals surface area contributed by atoms with Gasteiger partial charge in [0.15, 0.2) is 15.5 Å². The highest BCUT2D eigenvalue weighted by Gasteiger charge is 2.74. The van der Waals surface area contributed by atoms with Crippen LogP contribution in [0.5, 0.6) is 0 Å². The van der Waals surface area contributed by atoms with Gasteiger partial charge in [0.05, 0.1) is 10.9 Å². The lowest BCUT2D eigenvalue weighted by atomic mass is 9.75. The Morgan fingerprint density at radius 3 is 2.07 bits per heavy atom. The van der Waals surface area contributed by atoms with Gasteiger partial charge in [0, 0.05) is 18.0 Å². The number of benzene rings is 2. The minimum Gasteiger partial charge on any atom is -0.335 e. The average Bonchev–Trinajstić information content (AvgIpc) is 3.36. The quantitative estimate of drug-likeness (QED) is 0.323. The van der Waals surface area contributed by atoms with E-state index in [1.54, 1.807) is 13.0 Å². The number of carbonyl (C=O) groups excluding carboxylic acids is 2. The zero-order valence-electron chi connectivity index (χ0n) is 24.4. The van der Waals surface area contributed by atoms with Gasteiger partial charge in [-0.3, -0.25) is 9.59 Å². The van der Waals surface area contributed by atoms with E-state index in [1.807, 2.05) is 0 Å². The summed E-state index contributed by atoms with van der Waals surface area (Å²) in [5.41, 5.74) is -9.68. The standard InChI is InChI=1S/C31H31F8NO4S/c1-18-4-3-5-23(16-18)45(43,44)28-14-15-40(26(42)27(32)12-10-20(11-13-27)19(2)41)25(28)9-6-21-17-22(7-8-24(21)28)29(33,30(34,35)36)31(37,38)39/h3-5,7-8,16-17,20,25H,6,9-15H2,1-2H3/t20-,25?,27+,28?. The van der Waals surface area contributed by atoms with E-state index in [1.165, 1.54) is 25.1 Å². The molecule has 2 fully saturated rings. The minimum absolute atomic E-state index is 0.123. The van der Waals surface area contributed by atoms with Crippen LogP contribution in [0.25, 0.3) is 0 Å². The number of aryl methyl sites for hydroxylation is 2. The van der Waals surface area contributed by atoms with Crippen molar-refractivity contribution in [3.8, 4) is 0 Å². The van der Waals surface area contributed by atoms with Gasteiger partial charge in [0.2, 0.25) is 0 Å². The monoisotopic (exact) mass is 665 g/mol. The zero-order chi connectivity index (χ0) is 33.4. The predicted molar refractivity (Wildman–Crippen MR) is 146 cm³/mol. The molecule has 2 atom stereocenters. The molecule has 5 rings (SSSR count). The van der Waals surface area contributed by atoms with Gasteiger partial charge in [0.1, 0.15) is 10.5 Å². The predicted octanol–water partition coefficient (Wildman–Crippen LogP) is 6.99. The number of carbonyl (C=O) groups is 2. The van der Waals surface area contributed by atoms with Crippen LogP contribution in [0.3, 0.4) is 0 Å². The molecule has 0 radical (unpaired) electrons. The molecule has 2 unspecified atom stereocenters. The van der Waals surface area contributed by atoms with Gasteiger partial charge in [-0.25, -0.2) is 17.2 Å². The van der Waals surface area contributed by atoms with Gasteiger partial charge in [-0.05, 0) is 87.6 Å². The average molecular weight is 666 g/mol. The summed E-state index contributed by atoms with van der Waals surface area (Å²) < 4.78 is 140. The van der Waals surface area contributed by atoms with Crippen LogP contribution >= 0.6 is 0 Å². The Hall–Kier alpha value is -3.03. The van der Waals surface area contributed by atoms with Gasteiger partial charge < -0.3 is 4.90 Å². The molecule has 2 aliphatic carbocycles. The molecule has 0 aromatic heterocycles. The summed E-state index contributed by atoms with van der Waals surface area (Å²) in [6, 6.07) is 5.99. The van der Waals surface area contributed by atoms with Crippen molar-refractivity contribution in [3.05, 3.63) is 64.7 Å².